The van der Waals surface area contributed by atoms with Gasteiger partial charge in [0, 0.05) is 19.5 Å². The molecule has 0 spiro atoms. The zero-order valence-electron chi connectivity index (χ0n) is 13.7. The molecule has 1 unspecified atom stereocenters. The van der Waals surface area contributed by atoms with E-state index in [0.29, 0.717) is 31.8 Å². The van der Waals surface area contributed by atoms with Crippen molar-refractivity contribution in [3.8, 4) is 0 Å². The summed E-state index contributed by atoms with van der Waals surface area (Å²) in [5, 5.41) is 5.59. The first-order chi connectivity index (χ1) is 11.7. The van der Waals surface area contributed by atoms with E-state index in [2.05, 4.69) is 22.8 Å². The lowest BCUT2D eigenvalue weighted by molar-refractivity contribution is -0.145. The average Bonchev–Trinajstić information content (AvgIpc) is 2.63. The highest BCUT2D eigenvalue weighted by atomic mass is 16.5. The number of carbonyl (C=O) groups is 2. The third-order valence-electron chi connectivity index (χ3n) is 3.68. The molecule has 0 fully saturated rings. The molecule has 2 N–H and O–H groups in total. The number of carbonyl (C=O) groups excluding carboxylic acids is 2. The number of rotatable bonds is 8. The van der Waals surface area contributed by atoms with Gasteiger partial charge >= 0.3 is 12.0 Å². The van der Waals surface area contributed by atoms with Crippen LogP contribution < -0.4 is 10.6 Å². The lowest BCUT2D eigenvalue weighted by Crippen LogP contribution is -2.38. The molecule has 1 aliphatic carbocycles. The van der Waals surface area contributed by atoms with Crippen LogP contribution in [0.15, 0.2) is 54.6 Å². The minimum Gasteiger partial charge on any atom is -0.461 e. The minimum absolute atomic E-state index is 0.199. The summed E-state index contributed by atoms with van der Waals surface area (Å²) in [5.41, 5.74) is 0.968. The molecule has 5 heteroatoms. The highest BCUT2D eigenvalue weighted by Gasteiger charge is 2.08. The van der Waals surface area contributed by atoms with Crippen LogP contribution in [0.5, 0.6) is 0 Å². The van der Waals surface area contributed by atoms with Gasteiger partial charge in [0.25, 0.3) is 0 Å². The topological polar surface area (TPSA) is 67.4 Å². The van der Waals surface area contributed by atoms with Gasteiger partial charge in [-0.05, 0) is 24.3 Å². The molecule has 2 amide bonds. The monoisotopic (exact) mass is 328 g/mol. The van der Waals surface area contributed by atoms with Crippen molar-refractivity contribution in [2.45, 2.75) is 25.9 Å². The fourth-order valence-electron chi connectivity index (χ4n) is 2.31. The van der Waals surface area contributed by atoms with Crippen molar-refractivity contribution < 1.29 is 14.3 Å². The van der Waals surface area contributed by atoms with E-state index in [0.717, 1.165) is 12.0 Å². The summed E-state index contributed by atoms with van der Waals surface area (Å²) in [6, 6.07) is 9.36. The SMILES string of the molecule is O=C(NCCCC(=O)OCc1ccccc1)NCC1C=CC=CC1. The second-order valence-electron chi connectivity index (χ2n) is 5.70. The van der Waals surface area contributed by atoms with Crippen LogP contribution in [0.1, 0.15) is 24.8 Å². The number of benzene rings is 1. The van der Waals surface area contributed by atoms with Crippen LogP contribution in [0.25, 0.3) is 0 Å². The van der Waals surface area contributed by atoms with Gasteiger partial charge in [0.1, 0.15) is 6.61 Å². The largest absolute Gasteiger partial charge is 0.461 e. The van der Waals surface area contributed by atoms with E-state index in [-0.39, 0.29) is 18.6 Å². The molecule has 0 heterocycles. The maximum Gasteiger partial charge on any atom is 0.314 e. The van der Waals surface area contributed by atoms with Crippen LogP contribution in [0, 0.1) is 5.92 Å². The molecule has 0 saturated carbocycles. The maximum absolute atomic E-state index is 11.7. The summed E-state index contributed by atoms with van der Waals surface area (Å²) in [6.45, 7) is 1.36. The van der Waals surface area contributed by atoms with Gasteiger partial charge in [0.2, 0.25) is 0 Å². The van der Waals surface area contributed by atoms with Crippen molar-refractivity contribution in [1.82, 2.24) is 10.6 Å². The normalized spacial score (nSPS) is 15.8. The van der Waals surface area contributed by atoms with Gasteiger partial charge in [-0.3, -0.25) is 4.79 Å². The molecule has 1 aromatic rings. The Labute approximate surface area is 142 Å². The highest BCUT2D eigenvalue weighted by Crippen LogP contribution is 2.09. The van der Waals surface area contributed by atoms with Gasteiger partial charge in [0.05, 0.1) is 0 Å². The van der Waals surface area contributed by atoms with Crippen molar-refractivity contribution in [3.63, 3.8) is 0 Å². The van der Waals surface area contributed by atoms with E-state index in [1.54, 1.807) is 0 Å². The van der Waals surface area contributed by atoms with E-state index in [9.17, 15) is 9.59 Å². The van der Waals surface area contributed by atoms with Gasteiger partial charge in [-0.1, -0.05) is 54.6 Å². The van der Waals surface area contributed by atoms with Crippen molar-refractivity contribution in [3.05, 3.63) is 60.2 Å². The number of esters is 1. The molecule has 1 atom stereocenters. The number of ether oxygens (including phenoxy) is 1. The van der Waals surface area contributed by atoms with Crippen LogP contribution in [-0.4, -0.2) is 25.1 Å². The van der Waals surface area contributed by atoms with Gasteiger partial charge in [-0.2, -0.15) is 0 Å². The molecular formula is C19H24N2O3. The van der Waals surface area contributed by atoms with E-state index in [1.807, 2.05) is 42.5 Å². The van der Waals surface area contributed by atoms with E-state index < -0.39 is 0 Å². The molecule has 0 aliphatic heterocycles. The standard InChI is InChI=1S/C19H24N2O3/c22-18(24-15-17-10-5-2-6-11-17)12-7-13-20-19(23)21-14-16-8-3-1-4-9-16/h1-6,8,10-11,16H,7,9,12-15H2,(H2,20,21,23). The smallest absolute Gasteiger partial charge is 0.314 e. The van der Waals surface area contributed by atoms with Crippen molar-refractivity contribution in [2.24, 2.45) is 5.92 Å². The van der Waals surface area contributed by atoms with Crippen LogP contribution in [0.2, 0.25) is 0 Å². The Hall–Kier alpha value is -2.56. The third-order valence-corrected chi connectivity index (χ3v) is 3.68. The Kier molecular flexibility index (Phi) is 7.60. The molecule has 2 rings (SSSR count). The summed E-state index contributed by atoms with van der Waals surface area (Å²) in [6.07, 6.45) is 9.98. The number of amides is 2. The second-order valence-corrected chi connectivity index (χ2v) is 5.70. The Morgan fingerprint density at radius 1 is 1.12 bits per heavy atom. The molecule has 0 radical (unpaired) electrons. The van der Waals surface area contributed by atoms with Crippen molar-refractivity contribution in [1.29, 1.82) is 0 Å². The average molecular weight is 328 g/mol. The second kappa shape index (κ2) is 10.3. The van der Waals surface area contributed by atoms with Crippen LogP contribution in [0.3, 0.4) is 0 Å². The Bertz CT molecular complexity index is 582. The van der Waals surface area contributed by atoms with Gasteiger partial charge < -0.3 is 15.4 Å². The van der Waals surface area contributed by atoms with Gasteiger partial charge in [-0.25, -0.2) is 4.79 Å². The molecule has 1 aromatic carbocycles. The number of nitrogens with one attached hydrogen (secondary N) is 2. The predicted molar refractivity (Wildman–Crippen MR) is 93.3 cm³/mol. The third kappa shape index (κ3) is 7.13. The summed E-state index contributed by atoms with van der Waals surface area (Å²) < 4.78 is 5.18. The highest BCUT2D eigenvalue weighted by molar-refractivity contribution is 5.74. The molecule has 128 valence electrons. The molecule has 1 aliphatic rings. The minimum atomic E-state index is -0.250. The predicted octanol–water partition coefficient (Wildman–Crippen LogP) is 2.94. The van der Waals surface area contributed by atoms with E-state index >= 15 is 0 Å². The molecule has 0 saturated heterocycles. The van der Waals surface area contributed by atoms with Crippen molar-refractivity contribution in [2.75, 3.05) is 13.1 Å². The summed E-state index contributed by atoms with van der Waals surface area (Å²) >= 11 is 0. The molecule has 24 heavy (non-hydrogen) atoms. The lowest BCUT2D eigenvalue weighted by atomic mass is 10.0. The summed E-state index contributed by atoms with van der Waals surface area (Å²) in [4.78, 5) is 23.3. The van der Waals surface area contributed by atoms with E-state index in [4.69, 9.17) is 4.74 Å². The Morgan fingerprint density at radius 3 is 2.71 bits per heavy atom. The fraction of sp³-hybridized carbons (Fsp3) is 0.368. The molecule has 0 bridgehead atoms. The molecule has 0 aromatic heterocycles. The summed E-state index contributed by atoms with van der Waals surface area (Å²) in [7, 11) is 0. The molecular weight excluding hydrogens is 304 g/mol. The zero-order valence-corrected chi connectivity index (χ0v) is 13.7. The number of allylic oxidation sites excluding steroid dienone is 3. The Balaban J connectivity index is 1.49. The first kappa shape index (κ1) is 17.8. The van der Waals surface area contributed by atoms with Crippen LogP contribution >= 0.6 is 0 Å². The quantitative estimate of drug-likeness (QED) is 0.569. The number of urea groups is 1. The molecule has 5 nitrogen and oxygen atoms in total. The van der Waals surface area contributed by atoms with E-state index in [1.165, 1.54) is 0 Å². The first-order valence-electron chi connectivity index (χ1n) is 8.28. The summed E-state index contributed by atoms with van der Waals surface area (Å²) in [5.74, 6) is 0.105. The van der Waals surface area contributed by atoms with Gasteiger partial charge in [-0.15, -0.1) is 0 Å². The van der Waals surface area contributed by atoms with Crippen molar-refractivity contribution >= 4 is 12.0 Å². The zero-order chi connectivity index (χ0) is 17.0. The van der Waals surface area contributed by atoms with Gasteiger partial charge in [0.15, 0.2) is 0 Å². The fourth-order valence-corrected chi connectivity index (χ4v) is 2.31. The maximum atomic E-state index is 11.7. The van der Waals surface area contributed by atoms with Crippen LogP contribution in [0.4, 0.5) is 4.79 Å². The Morgan fingerprint density at radius 2 is 1.96 bits per heavy atom. The number of hydrogen-bond acceptors (Lipinski definition) is 3. The van der Waals surface area contributed by atoms with Crippen LogP contribution in [-0.2, 0) is 16.1 Å². The first-order valence-corrected chi connectivity index (χ1v) is 8.28. The number of hydrogen-bond donors (Lipinski definition) is 2. The lowest BCUT2D eigenvalue weighted by Gasteiger charge is -2.14.